The van der Waals surface area contributed by atoms with Gasteiger partial charge < -0.3 is 0 Å². The quantitative estimate of drug-likeness (QED) is 0.638. The molecule has 2 nitrogen and oxygen atoms in total. The molecular formula is C17H13N2+. The zero-order valence-electron chi connectivity index (χ0n) is 10.5. The minimum Gasteiger partial charge on any atom is -0.200 e. The molecule has 0 N–H and O–H groups in total. The van der Waals surface area contributed by atoms with Crippen molar-refractivity contribution >= 4 is 10.8 Å². The first-order chi connectivity index (χ1) is 9.36. The van der Waals surface area contributed by atoms with Crippen LogP contribution >= 0.6 is 0 Å². The highest BCUT2D eigenvalue weighted by molar-refractivity contribution is 5.80. The number of pyridine rings is 1. The van der Waals surface area contributed by atoms with Crippen molar-refractivity contribution in [2.24, 2.45) is 0 Å². The van der Waals surface area contributed by atoms with Crippen LogP contribution in [0.3, 0.4) is 0 Å². The van der Waals surface area contributed by atoms with Crippen molar-refractivity contribution in [1.29, 1.82) is 5.26 Å². The van der Waals surface area contributed by atoms with Crippen LogP contribution in [0.1, 0.15) is 11.1 Å². The summed E-state index contributed by atoms with van der Waals surface area (Å²) in [6, 6.07) is 20.3. The highest BCUT2D eigenvalue weighted by Crippen LogP contribution is 2.11. The van der Waals surface area contributed by atoms with E-state index in [1.165, 1.54) is 10.8 Å². The van der Waals surface area contributed by atoms with Gasteiger partial charge in [-0.05, 0) is 17.5 Å². The molecule has 0 amide bonds. The van der Waals surface area contributed by atoms with Crippen LogP contribution in [0.4, 0.5) is 0 Å². The van der Waals surface area contributed by atoms with Gasteiger partial charge in [0.15, 0.2) is 18.9 Å². The van der Waals surface area contributed by atoms with Crippen LogP contribution in [-0.2, 0) is 6.54 Å². The fraction of sp³-hybridized carbons (Fsp3) is 0.0588. The van der Waals surface area contributed by atoms with Crippen molar-refractivity contribution in [2.75, 3.05) is 0 Å². The maximum Gasteiger partial charge on any atom is 0.176 e. The second-order valence-corrected chi connectivity index (χ2v) is 4.52. The van der Waals surface area contributed by atoms with E-state index >= 15 is 0 Å². The van der Waals surface area contributed by atoms with Crippen LogP contribution in [0.2, 0.25) is 0 Å². The molecule has 0 spiro atoms. The lowest BCUT2D eigenvalue weighted by atomic mass is 10.1. The molecule has 19 heavy (non-hydrogen) atoms. The van der Waals surface area contributed by atoms with Crippen LogP contribution < -0.4 is 4.57 Å². The maximum atomic E-state index is 9.11. The summed E-state index contributed by atoms with van der Waals surface area (Å²) in [5, 5.41) is 11.5. The van der Waals surface area contributed by atoms with Gasteiger partial charge in [-0.2, -0.15) is 5.26 Å². The van der Waals surface area contributed by atoms with Crippen LogP contribution in [-0.4, -0.2) is 0 Å². The second kappa shape index (κ2) is 4.91. The van der Waals surface area contributed by atoms with Gasteiger partial charge in [0.1, 0.15) is 0 Å². The second-order valence-electron chi connectivity index (χ2n) is 4.52. The van der Waals surface area contributed by atoms with Crippen LogP contribution in [0.15, 0.2) is 67.0 Å². The SMILES string of the molecule is N#Cc1ccccc1C[n+]1ccc2ccccc2c1. The summed E-state index contributed by atoms with van der Waals surface area (Å²) >= 11 is 0. The summed E-state index contributed by atoms with van der Waals surface area (Å²) in [6.07, 6.45) is 4.17. The summed E-state index contributed by atoms with van der Waals surface area (Å²) in [5.74, 6) is 0. The Morgan fingerprint density at radius 3 is 2.47 bits per heavy atom. The van der Waals surface area contributed by atoms with Gasteiger partial charge in [0.2, 0.25) is 0 Å². The maximum absolute atomic E-state index is 9.11. The molecule has 0 saturated heterocycles. The average molecular weight is 245 g/mol. The summed E-state index contributed by atoms with van der Waals surface area (Å²) < 4.78 is 2.11. The molecule has 0 atom stereocenters. The van der Waals surface area contributed by atoms with Crippen LogP contribution in [0, 0.1) is 11.3 Å². The molecule has 90 valence electrons. The number of benzene rings is 2. The first-order valence-corrected chi connectivity index (χ1v) is 6.23. The first-order valence-electron chi connectivity index (χ1n) is 6.23. The topological polar surface area (TPSA) is 27.7 Å². The van der Waals surface area contributed by atoms with E-state index in [2.05, 4.69) is 41.2 Å². The third-order valence-electron chi connectivity index (χ3n) is 3.24. The normalized spacial score (nSPS) is 10.3. The minimum atomic E-state index is 0.717. The largest absolute Gasteiger partial charge is 0.200 e. The molecule has 1 heterocycles. The zero-order valence-corrected chi connectivity index (χ0v) is 10.5. The van der Waals surface area contributed by atoms with Crippen molar-refractivity contribution < 1.29 is 4.57 Å². The molecule has 0 bridgehead atoms. The zero-order chi connectivity index (χ0) is 13.1. The number of fused-ring (bicyclic) bond motifs is 1. The smallest absolute Gasteiger partial charge is 0.176 e. The van der Waals surface area contributed by atoms with E-state index in [0.29, 0.717) is 6.54 Å². The van der Waals surface area contributed by atoms with E-state index in [-0.39, 0.29) is 0 Å². The monoisotopic (exact) mass is 245 g/mol. The Morgan fingerprint density at radius 2 is 1.63 bits per heavy atom. The molecule has 2 heteroatoms. The lowest BCUT2D eigenvalue weighted by molar-refractivity contribution is -0.687. The molecule has 0 aliphatic carbocycles. The average Bonchev–Trinajstić information content (AvgIpc) is 2.48. The third kappa shape index (κ3) is 2.31. The fourth-order valence-corrected chi connectivity index (χ4v) is 2.24. The van der Waals surface area contributed by atoms with Crippen molar-refractivity contribution in [3.05, 3.63) is 78.1 Å². The third-order valence-corrected chi connectivity index (χ3v) is 3.24. The molecule has 0 fully saturated rings. The van der Waals surface area contributed by atoms with E-state index in [1.807, 2.05) is 36.4 Å². The summed E-state index contributed by atoms with van der Waals surface area (Å²) in [4.78, 5) is 0. The van der Waals surface area contributed by atoms with E-state index in [1.54, 1.807) is 0 Å². The number of aromatic nitrogens is 1. The Labute approximate surface area is 112 Å². The van der Waals surface area contributed by atoms with Gasteiger partial charge in [-0.15, -0.1) is 0 Å². The van der Waals surface area contributed by atoms with Crippen LogP contribution in [0.25, 0.3) is 10.8 Å². The molecule has 3 aromatic rings. The van der Waals surface area contributed by atoms with Gasteiger partial charge in [-0.25, -0.2) is 4.57 Å². The number of hydrogen-bond donors (Lipinski definition) is 0. The highest BCUT2D eigenvalue weighted by Gasteiger charge is 2.07. The molecule has 0 aliphatic heterocycles. The highest BCUT2D eigenvalue weighted by atomic mass is 14.9. The van der Waals surface area contributed by atoms with Gasteiger partial charge in [0, 0.05) is 17.0 Å². The van der Waals surface area contributed by atoms with Crippen molar-refractivity contribution in [3.63, 3.8) is 0 Å². The Kier molecular flexibility index (Phi) is 2.96. The number of nitrogens with zero attached hydrogens (tertiary/aromatic N) is 2. The molecule has 1 aromatic heterocycles. The summed E-state index contributed by atoms with van der Waals surface area (Å²) in [6.45, 7) is 0.717. The molecule has 0 saturated carbocycles. The Bertz CT molecular complexity index is 769. The fourth-order valence-electron chi connectivity index (χ4n) is 2.24. The van der Waals surface area contributed by atoms with Crippen molar-refractivity contribution in [3.8, 4) is 6.07 Å². The van der Waals surface area contributed by atoms with E-state index in [4.69, 9.17) is 5.26 Å². The van der Waals surface area contributed by atoms with Crippen molar-refractivity contribution in [1.82, 2.24) is 0 Å². The Hall–Kier alpha value is -2.66. The van der Waals surface area contributed by atoms with E-state index in [0.717, 1.165) is 11.1 Å². The molecule has 0 aliphatic rings. The molecule has 2 aromatic carbocycles. The Balaban J connectivity index is 1.99. The predicted molar refractivity (Wildman–Crippen MR) is 74.4 cm³/mol. The van der Waals surface area contributed by atoms with Crippen LogP contribution in [0.5, 0.6) is 0 Å². The van der Waals surface area contributed by atoms with Gasteiger partial charge in [0.25, 0.3) is 0 Å². The molecule has 0 radical (unpaired) electrons. The first kappa shape index (κ1) is 11.4. The molecule has 3 rings (SSSR count). The summed E-state index contributed by atoms with van der Waals surface area (Å²) in [5.41, 5.74) is 1.79. The number of rotatable bonds is 2. The molecular weight excluding hydrogens is 232 g/mol. The molecule has 0 unspecified atom stereocenters. The number of hydrogen-bond acceptors (Lipinski definition) is 1. The summed E-state index contributed by atoms with van der Waals surface area (Å²) in [7, 11) is 0. The lowest BCUT2D eigenvalue weighted by Crippen LogP contribution is -2.33. The standard InChI is InChI=1S/C17H13N2/c18-11-15-6-2-4-8-17(15)13-19-10-9-14-5-1-3-7-16(14)12-19/h1-10,12H,13H2/q+1. The Morgan fingerprint density at radius 1 is 0.895 bits per heavy atom. The predicted octanol–water partition coefficient (Wildman–Crippen LogP) is 3.05. The van der Waals surface area contributed by atoms with E-state index < -0.39 is 0 Å². The van der Waals surface area contributed by atoms with Gasteiger partial charge >= 0.3 is 0 Å². The van der Waals surface area contributed by atoms with Crippen molar-refractivity contribution in [2.45, 2.75) is 6.54 Å². The lowest BCUT2D eigenvalue weighted by Gasteiger charge is -2.01. The van der Waals surface area contributed by atoms with Gasteiger partial charge in [-0.3, -0.25) is 0 Å². The van der Waals surface area contributed by atoms with Gasteiger partial charge in [0.05, 0.1) is 11.6 Å². The van der Waals surface area contributed by atoms with E-state index in [9.17, 15) is 0 Å². The van der Waals surface area contributed by atoms with Gasteiger partial charge in [-0.1, -0.05) is 36.4 Å². The minimum absolute atomic E-state index is 0.717. The number of nitriles is 1.